The first-order valence-corrected chi connectivity index (χ1v) is 11.2. The summed E-state index contributed by atoms with van der Waals surface area (Å²) in [6, 6.07) is 12.8. The molecule has 0 atom stereocenters. The van der Waals surface area contributed by atoms with Gasteiger partial charge in [0.25, 0.3) is 0 Å². The molecule has 1 saturated heterocycles. The number of aromatic nitrogens is 1. The predicted molar refractivity (Wildman–Crippen MR) is 128 cm³/mol. The first-order chi connectivity index (χ1) is 16.0. The van der Waals surface area contributed by atoms with Crippen LogP contribution < -0.4 is 21.3 Å². The summed E-state index contributed by atoms with van der Waals surface area (Å²) >= 11 is 0. The molecule has 1 aromatic heterocycles. The number of nitrogens with two attached hydrogens (primary N) is 1. The van der Waals surface area contributed by atoms with Gasteiger partial charge in [-0.05, 0) is 56.5 Å². The van der Waals surface area contributed by atoms with Crippen LogP contribution in [0.4, 0.5) is 16.2 Å². The van der Waals surface area contributed by atoms with E-state index in [0.717, 1.165) is 42.9 Å². The highest BCUT2D eigenvalue weighted by atomic mass is 16.3. The standard InChI is InChI=1S/C25H29N5O3/c1-17-5-7-18(8-6-17)24-28-20(16-33-24)11-12-27-25(32)29-21-15-19(23(26)31)9-10-22(21)30-13-3-2-4-14-30/h5-10,15-16H,2-4,11-14H2,1H3,(H2,26,31)(H2,27,29,32). The molecule has 0 aliphatic carbocycles. The van der Waals surface area contributed by atoms with Gasteiger partial charge in [-0.1, -0.05) is 17.7 Å². The van der Waals surface area contributed by atoms with E-state index in [4.69, 9.17) is 10.2 Å². The van der Waals surface area contributed by atoms with E-state index < -0.39 is 5.91 Å². The maximum absolute atomic E-state index is 12.6. The number of amides is 3. The molecule has 3 aromatic rings. The molecule has 1 aliphatic heterocycles. The van der Waals surface area contributed by atoms with E-state index in [2.05, 4.69) is 20.5 Å². The second-order valence-electron chi connectivity index (χ2n) is 8.28. The van der Waals surface area contributed by atoms with Gasteiger partial charge in [0.2, 0.25) is 11.8 Å². The zero-order valence-corrected chi connectivity index (χ0v) is 18.8. The second-order valence-corrected chi connectivity index (χ2v) is 8.28. The quantitative estimate of drug-likeness (QED) is 0.505. The molecule has 0 unspecified atom stereocenters. The number of anilines is 2. The first kappa shape index (κ1) is 22.4. The van der Waals surface area contributed by atoms with E-state index >= 15 is 0 Å². The van der Waals surface area contributed by atoms with Crippen molar-refractivity contribution in [3.05, 3.63) is 65.5 Å². The van der Waals surface area contributed by atoms with Gasteiger partial charge < -0.3 is 25.7 Å². The lowest BCUT2D eigenvalue weighted by molar-refractivity contribution is 0.1000. The topological polar surface area (TPSA) is 113 Å². The number of benzene rings is 2. The molecule has 3 amide bonds. The third-order valence-electron chi connectivity index (χ3n) is 5.74. The van der Waals surface area contributed by atoms with Crippen molar-refractivity contribution in [2.24, 2.45) is 5.73 Å². The monoisotopic (exact) mass is 447 g/mol. The van der Waals surface area contributed by atoms with Crippen LogP contribution in [0.15, 0.2) is 53.1 Å². The van der Waals surface area contributed by atoms with Gasteiger partial charge in [0, 0.05) is 37.2 Å². The van der Waals surface area contributed by atoms with Crippen molar-refractivity contribution in [3.63, 3.8) is 0 Å². The Labute approximate surface area is 193 Å². The Morgan fingerprint density at radius 2 is 1.85 bits per heavy atom. The molecular weight excluding hydrogens is 418 g/mol. The summed E-state index contributed by atoms with van der Waals surface area (Å²) in [5, 5.41) is 5.73. The van der Waals surface area contributed by atoms with Gasteiger partial charge in [0.1, 0.15) is 6.26 Å². The van der Waals surface area contributed by atoms with Gasteiger partial charge in [0.05, 0.1) is 17.1 Å². The number of hydrogen-bond donors (Lipinski definition) is 3. The van der Waals surface area contributed by atoms with Crippen LogP contribution in [0.3, 0.4) is 0 Å². The molecule has 0 bridgehead atoms. The van der Waals surface area contributed by atoms with E-state index in [9.17, 15) is 9.59 Å². The van der Waals surface area contributed by atoms with Crippen LogP contribution in [0.5, 0.6) is 0 Å². The van der Waals surface area contributed by atoms with Crippen molar-refractivity contribution >= 4 is 23.3 Å². The molecule has 8 nitrogen and oxygen atoms in total. The van der Waals surface area contributed by atoms with Crippen molar-refractivity contribution in [3.8, 4) is 11.5 Å². The average Bonchev–Trinajstić information content (AvgIpc) is 3.29. The number of carbonyl (C=O) groups is 2. The van der Waals surface area contributed by atoms with Crippen LogP contribution in [-0.2, 0) is 6.42 Å². The SMILES string of the molecule is Cc1ccc(-c2nc(CCNC(=O)Nc3cc(C(N)=O)ccc3N3CCCCC3)co2)cc1. The van der Waals surface area contributed by atoms with Gasteiger partial charge in [-0.15, -0.1) is 0 Å². The number of aryl methyl sites for hydroxylation is 1. The van der Waals surface area contributed by atoms with E-state index in [1.54, 1.807) is 18.4 Å². The zero-order chi connectivity index (χ0) is 23.2. The fourth-order valence-corrected chi connectivity index (χ4v) is 3.92. The van der Waals surface area contributed by atoms with Gasteiger partial charge in [-0.2, -0.15) is 0 Å². The van der Waals surface area contributed by atoms with Crippen LogP contribution in [0, 0.1) is 6.92 Å². The third-order valence-corrected chi connectivity index (χ3v) is 5.74. The molecule has 2 aromatic carbocycles. The predicted octanol–water partition coefficient (Wildman–Crippen LogP) is 4.10. The molecule has 4 rings (SSSR count). The van der Waals surface area contributed by atoms with Crippen molar-refractivity contribution in [1.82, 2.24) is 10.3 Å². The lowest BCUT2D eigenvalue weighted by Gasteiger charge is -2.30. The van der Waals surface area contributed by atoms with Crippen LogP contribution in [0.2, 0.25) is 0 Å². The number of nitrogens with one attached hydrogen (secondary N) is 2. The normalized spacial score (nSPS) is 13.5. The number of oxazole rings is 1. The van der Waals surface area contributed by atoms with Crippen LogP contribution in [-0.4, -0.2) is 36.6 Å². The smallest absolute Gasteiger partial charge is 0.319 e. The van der Waals surface area contributed by atoms with E-state index in [-0.39, 0.29) is 6.03 Å². The van der Waals surface area contributed by atoms with Gasteiger partial charge >= 0.3 is 6.03 Å². The second kappa shape index (κ2) is 10.2. The summed E-state index contributed by atoms with van der Waals surface area (Å²) in [6.07, 6.45) is 5.55. The minimum atomic E-state index is -0.529. The molecule has 0 spiro atoms. The molecule has 0 radical (unpaired) electrons. The largest absolute Gasteiger partial charge is 0.444 e. The van der Waals surface area contributed by atoms with Crippen molar-refractivity contribution in [1.29, 1.82) is 0 Å². The summed E-state index contributed by atoms with van der Waals surface area (Å²) in [5.74, 6) is 0.0305. The minimum absolute atomic E-state index is 0.350. The number of urea groups is 1. The molecule has 1 aliphatic rings. The fourth-order valence-electron chi connectivity index (χ4n) is 3.92. The van der Waals surface area contributed by atoms with Gasteiger partial charge in [-0.3, -0.25) is 4.79 Å². The fraction of sp³-hybridized carbons (Fsp3) is 0.320. The Morgan fingerprint density at radius 3 is 2.58 bits per heavy atom. The Kier molecular flexibility index (Phi) is 6.92. The van der Waals surface area contributed by atoms with Crippen LogP contribution in [0.1, 0.15) is 40.9 Å². The molecule has 2 heterocycles. The number of hydrogen-bond acceptors (Lipinski definition) is 5. The van der Waals surface area contributed by atoms with Crippen LogP contribution >= 0.6 is 0 Å². The molecule has 33 heavy (non-hydrogen) atoms. The van der Waals surface area contributed by atoms with Crippen molar-refractivity contribution in [2.45, 2.75) is 32.6 Å². The molecule has 0 saturated carbocycles. The zero-order valence-electron chi connectivity index (χ0n) is 18.8. The third kappa shape index (κ3) is 5.71. The maximum atomic E-state index is 12.6. The van der Waals surface area contributed by atoms with E-state index in [1.165, 1.54) is 12.0 Å². The van der Waals surface area contributed by atoms with Crippen LogP contribution in [0.25, 0.3) is 11.5 Å². The molecule has 1 fully saturated rings. The van der Waals surface area contributed by atoms with Gasteiger partial charge in [-0.25, -0.2) is 9.78 Å². The number of primary amides is 1. The van der Waals surface area contributed by atoms with E-state index in [0.29, 0.717) is 30.1 Å². The summed E-state index contributed by atoms with van der Waals surface area (Å²) in [5.41, 5.74) is 10.1. The maximum Gasteiger partial charge on any atom is 0.319 e. The molecule has 172 valence electrons. The number of rotatable bonds is 7. The molecular formula is C25H29N5O3. The highest BCUT2D eigenvalue weighted by Gasteiger charge is 2.17. The summed E-state index contributed by atoms with van der Waals surface area (Å²) in [7, 11) is 0. The highest BCUT2D eigenvalue weighted by Crippen LogP contribution is 2.29. The van der Waals surface area contributed by atoms with Gasteiger partial charge in [0.15, 0.2) is 0 Å². The van der Waals surface area contributed by atoms with E-state index in [1.807, 2.05) is 37.3 Å². The Morgan fingerprint density at radius 1 is 1.09 bits per heavy atom. The highest BCUT2D eigenvalue weighted by molar-refractivity contribution is 5.98. The minimum Gasteiger partial charge on any atom is -0.444 e. The Balaban J connectivity index is 1.36. The summed E-state index contributed by atoms with van der Waals surface area (Å²) < 4.78 is 5.57. The first-order valence-electron chi connectivity index (χ1n) is 11.2. The summed E-state index contributed by atoms with van der Waals surface area (Å²) in [4.78, 5) is 30.9. The lowest BCUT2D eigenvalue weighted by Crippen LogP contribution is -2.33. The van der Waals surface area contributed by atoms with Crippen molar-refractivity contribution in [2.75, 3.05) is 29.9 Å². The number of nitrogens with zero attached hydrogens (tertiary/aromatic N) is 2. The number of carbonyl (C=O) groups excluding carboxylic acids is 2. The van der Waals surface area contributed by atoms with Crippen molar-refractivity contribution < 1.29 is 14.0 Å². The average molecular weight is 448 g/mol. The molecule has 4 N–H and O–H groups in total. The lowest BCUT2D eigenvalue weighted by atomic mass is 10.1. The Bertz CT molecular complexity index is 1120. The molecule has 8 heteroatoms. The Hall–Kier alpha value is -3.81. The summed E-state index contributed by atoms with van der Waals surface area (Å²) in [6.45, 7) is 4.25. The number of piperidine rings is 1.